The molecule has 0 bridgehead atoms. The molecule has 2 aromatic rings. The van der Waals surface area contributed by atoms with Gasteiger partial charge in [0.1, 0.15) is 0 Å². The van der Waals surface area contributed by atoms with Crippen LogP contribution >= 0.6 is 23.8 Å². The third-order valence-electron chi connectivity index (χ3n) is 3.55. The largest absolute Gasteiger partial charge is 0.331 e. The zero-order chi connectivity index (χ0) is 12.0. The summed E-state index contributed by atoms with van der Waals surface area (Å²) in [7, 11) is 0. The lowest BCUT2D eigenvalue weighted by atomic mass is 10.2. The quantitative estimate of drug-likeness (QED) is 0.798. The molecule has 2 atom stereocenters. The van der Waals surface area contributed by atoms with Gasteiger partial charge in [0.2, 0.25) is 0 Å². The number of nitrogens with one attached hydrogen (secondary N) is 1. The minimum absolute atomic E-state index is 0.595. The Balaban J connectivity index is 2.05. The highest BCUT2D eigenvalue weighted by atomic mass is 35.5. The van der Waals surface area contributed by atoms with Gasteiger partial charge in [0.15, 0.2) is 4.77 Å². The molecule has 1 fully saturated rings. The number of halogens is 1. The van der Waals surface area contributed by atoms with Gasteiger partial charge < -0.3 is 9.55 Å². The molecule has 1 N–H and O–H groups in total. The fourth-order valence-electron chi connectivity index (χ4n) is 2.66. The van der Waals surface area contributed by atoms with E-state index in [9.17, 15) is 0 Å². The van der Waals surface area contributed by atoms with E-state index >= 15 is 0 Å². The molecule has 1 aliphatic rings. The van der Waals surface area contributed by atoms with Crippen molar-refractivity contribution < 1.29 is 0 Å². The van der Waals surface area contributed by atoms with Crippen LogP contribution in [-0.4, -0.2) is 9.55 Å². The first-order valence-corrected chi connectivity index (χ1v) is 6.89. The smallest absolute Gasteiger partial charge is 0.178 e. The Bertz CT molecular complexity index is 613. The second kappa shape index (κ2) is 4.14. The summed E-state index contributed by atoms with van der Waals surface area (Å²) in [5, 5.41) is 0.752. The number of aromatic amines is 1. The van der Waals surface area contributed by atoms with E-state index in [0.29, 0.717) is 6.04 Å². The van der Waals surface area contributed by atoms with Crippen molar-refractivity contribution >= 4 is 34.9 Å². The van der Waals surface area contributed by atoms with E-state index in [0.717, 1.165) is 21.2 Å². The first-order chi connectivity index (χ1) is 8.20. The van der Waals surface area contributed by atoms with Gasteiger partial charge in [-0.15, -0.1) is 0 Å². The van der Waals surface area contributed by atoms with Crippen LogP contribution in [0.5, 0.6) is 0 Å². The van der Waals surface area contributed by atoms with E-state index in [-0.39, 0.29) is 0 Å². The van der Waals surface area contributed by atoms with Crippen molar-refractivity contribution in [3.05, 3.63) is 28.0 Å². The summed E-state index contributed by atoms with van der Waals surface area (Å²) in [6.07, 6.45) is 3.81. The van der Waals surface area contributed by atoms with Crippen molar-refractivity contribution in [2.75, 3.05) is 0 Å². The third kappa shape index (κ3) is 1.91. The number of rotatable bonds is 3. The fourth-order valence-corrected chi connectivity index (χ4v) is 3.18. The minimum Gasteiger partial charge on any atom is -0.331 e. The maximum Gasteiger partial charge on any atom is 0.178 e. The lowest BCUT2D eigenvalue weighted by Gasteiger charge is -2.03. The highest BCUT2D eigenvalue weighted by Gasteiger charge is 2.38. The van der Waals surface area contributed by atoms with Gasteiger partial charge in [0.25, 0.3) is 0 Å². The Hall–Kier alpha value is -0.800. The molecule has 4 heteroatoms. The van der Waals surface area contributed by atoms with Crippen molar-refractivity contribution in [2.24, 2.45) is 5.92 Å². The lowest BCUT2D eigenvalue weighted by molar-refractivity contribution is 0.613. The van der Waals surface area contributed by atoms with Crippen molar-refractivity contribution in [1.29, 1.82) is 0 Å². The van der Waals surface area contributed by atoms with Crippen molar-refractivity contribution in [2.45, 2.75) is 32.2 Å². The average molecular weight is 267 g/mol. The molecule has 2 nitrogen and oxygen atoms in total. The standard InChI is InChI=1S/C13H15ClN2S/c1-2-3-8-6-12(8)16-11-5-4-9(14)7-10(11)15-13(16)17/h4-5,7-8,12H,2-3,6H2,1H3,(H,15,17). The van der Waals surface area contributed by atoms with Crippen LogP contribution < -0.4 is 0 Å². The summed E-state index contributed by atoms with van der Waals surface area (Å²) in [5.41, 5.74) is 2.23. The Labute approximate surface area is 111 Å². The SMILES string of the molecule is CCCC1CC1n1c(=S)[nH]c2cc(Cl)ccc21. The van der Waals surface area contributed by atoms with Crippen molar-refractivity contribution in [3.63, 3.8) is 0 Å². The Morgan fingerprint density at radius 3 is 3.12 bits per heavy atom. The number of imidazole rings is 1. The number of benzene rings is 1. The average Bonchev–Trinajstić information content (AvgIpc) is 2.94. The summed E-state index contributed by atoms with van der Waals surface area (Å²) >= 11 is 11.4. The lowest BCUT2D eigenvalue weighted by Crippen LogP contribution is -1.96. The molecule has 0 radical (unpaired) electrons. The van der Waals surface area contributed by atoms with Gasteiger partial charge >= 0.3 is 0 Å². The van der Waals surface area contributed by atoms with Gasteiger partial charge in [0, 0.05) is 11.1 Å². The first kappa shape index (κ1) is 11.3. The molecule has 1 aromatic carbocycles. The molecule has 2 unspecified atom stereocenters. The molecular weight excluding hydrogens is 252 g/mol. The zero-order valence-corrected chi connectivity index (χ0v) is 11.3. The second-order valence-electron chi connectivity index (χ2n) is 4.81. The van der Waals surface area contributed by atoms with Crippen LogP contribution in [0.3, 0.4) is 0 Å². The predicted molar refractivity (Wildman–Crippen MR) is 74.2 cm³/mol. The minimum atomic E-state index is 0.595. The van der Waals surface area contributed by atoms with E-state index < -0.39 is 0 Å². The molecule has 1 aliphatic carbocycles. The summed E-state index contributed by atoms with van der Waals surface area (Å²) in [6, 6.07) is 6.53. The molecule has 1 saturated carbocycles. The van der Waals surface area contributed by atoms with E-state index in [1.165, 1.54) is 24.8 Å². The van der Waals surface area contributed by atoms with Gasteiger partial charge in [-0.2, -0.15) is 0 Å². The van der Waals surface area contributed by atoms with E-state index in [4.69, 9.17) is 23.8 Å². The normalized spacial score (nSPS) is 23.2. The van der Waals surface area contributed by atoms with Crippen LogP contribution in [-0.2, 0) is 0 Å². The van der Waals surface area contributed by atoms with Gasteiger partial charge in [0.05, 0.1) is 11.0 Å². The first-order valence-electron chi connectivity index (χ1n) is 6.10. The Morgan fingerprint density at radius 2 is 2.35 bits per heavy atom. The highest BCUT2D eigenvalue weighted by molar-refractivity contribution is 7.71. The van der Waals surface area contributed by atoms with E-state index in [1.807, 2.05) is 12.1 Å². The third-order valence-corrected chi connectivity index (χ3v) is 4.09. The monoisotopic (exact) mass is 266 g/mol. The summed E-state index contributed by atoms with van der Waals surface area (Å²) < 4.78 is 3.09. The van der Waals surface area contributed by atoms with Crippen molar-refractivity contribution in [3.8, 4) is 0 Å². The number of nitrogens with zero attached hydrogens (tertiary/aromatic N) is 1. The van der Waals surface area contributed by atoms with Crippen LogP contribution in [0.4, 0.5) is 0 Å². The van der Waals surface area contributed by atoms with Gasteiger partial charge in [-0.25, -0.2) is 0 Å². The molecule has 90 valence electrons. The Kier molecular flexibility index (Phi) is 2.75. The zero-order valence-electron chi connectivity index (χ0n) is 9.74. The van der Waals surface area contributed by atoms with Gasteiger partial charge in [-0.05, 0) is 49.2 Å². The summed E-state index contributed by atoms with van der Waals surface area (Å²) in [5.74, 6) is 0.807. The number of H-pyrrole nitrogens is 1. The molecule has 0 saturated heterocycles. The maximum atomic E-state index is 5.99. The molecule has 3 rings (SSSR count). The molecule has 0 aliphatic heterocycles. The predicted octanol–water partition coefficient (Wildman–Crippen LogP) is 4.71. The topological polar surface area (TPSA) is 20.7 Å². The number of hydrogen-bond acceptors (Lipinski definition) is 1. The van der Waals surface area contributed by atoms with Crippen LogP contribution in [0, 0.1) is 10.7 Å². The number of hydrogen-bond donors (Lipinski definition) is 1. The van der Waals surface area contributed by atoms with Crippen molar-refractivity contribution in [1.82, 2.24) is 9.55 Å². The molecule has 17 heavy (non-hydrogen) atoms. The fraction of sp³-hybridized carbons (Fsp3) is 0.462. The van der Waals surface area contributed by atoms with Crippen LogP contribution in [0.25, 0.3) is 11.0 Å². The maximum absolute atomic E-state index is 5.99. The van der Waals surface area contributed by atoms with Crippen LogP contribution in [0.1, 0.15) is 32.2 Å². The number of fused-ring (bicyclic) bond motifs is 1. The van der Waals surface area contributed by atoms with Crippen LogP contribution in [0.15, 0.2) is 18.2 Å². The summed E-state index contributed by atoms with van der Waals surface area (Å²) in [4.78, 5) is 3.25. The van der Waals surface area contributed by atoms with Gasteiger partial charge in [-0.1, -0.05) is 24.9 Å². The molecule has 0 amide bonds. The second-order valence-corrected chi connectivity index (χ2v) is 5.64. The molecule has 1 aromatic heterocycles. The highest BCUT2D eigenvalue weighted by Crippen LogP contribution is 2.47. The van der Waals surface area contributed by atoms with E-state index in [1.54, 1.807) is 0 Å². The Morgan fingerprint density at radius 1 is 1.53 bits per heavy atom. The number of aromatic nitrogens is 2. The van der Waals surface area contributed by atoms with Crippen LogP contribution in [0.2, 0.25) is 5.02 Å². The molecular formula is C13H15ClN2S. The molecule has 1 heterocycles. The molecule has 0 spiro atoms. The van der Waals surface area contributed by atoms with E-state index in [2.05, 4.69) is 22.5 Å². The summed E-state index contributed by atoms with van der Waals surface area (Å²) in [6.45, 7) is 2.24. The van der Waals surface area contributed by atoms with Gasteiger partial charge in [-0.3, -0.25) is 0 Å².